The molecule has 0 bridgehead atoms. The predicted molar refractivity (Wildman–Crippen MR) is 109 cm³/mol. The number of carbonyl (C=O) groups excluding carboxylic acids is 1. The summed E-state index contributed by atoms with van der Waals surface area (Å²) in [6.45, 7) is 2.48. The summed E-state index contributed by atoms with van der Waals surface area (Å²) >= 11 is 0. The fraction of sp³-hybridized carbons (Fsp3) is 0.435. The zero-order valence-corrected chi connectivity index (χ0v) is 16.8. The molecular formula is C23H27F3N2O2. The Balaban J connectivity index is 1.34. The van der Waals surface area contributed by atoms with Crippen LogP contribution in [0.2, 0.25) is 0 Å². The Morgan fingerprint density at radius 1 is 1.07 bits per heavy atom. The topological polar surface area (TPSA) is 41.6 Å². The Labute approximate surface area is 175 Å². The first-order valence-electron chi connectivity index (χ1n) is 10.3. The number of nitrogens with one attached hydrogen (secondary N) is 1. The minimum absolute atomic E-state index is 0.0167. The number of hydrogen-bond acceptors (Lipinski definition) is 3. The monoisotopic (exact) mass is 420 g/mol. The molecular weight excluding hydrogens is 393 g/mol. The minimum Gasteiger partial charge on any atom is -0.494 e. The quantitative estimate of drug-likeness (QED) is 0.633. The molecule has 4 nitrogen and oxygen atoms in total. The summed E-state index contributed by atoms with van der Waals surface area (Å²) in [5.74, 6) is 0.814. The number of halogens is 3. The SMILES string of the molecule is O=C(CCCOc1ccccc1)NC1CCN(Cc2cccc(C(F)(F)F)c2)CC1. The summed E-state index contributed by atoms with van der Waals surface area (Å²) < 4.78 is 44.2. The number of para-hydroxylation sites is 1. The molecule has 1 fully saturated rings. The average Bonchev–Trinajstić information content (AvgIpc) is 2.73. The maximum absolute atomic E-state index is 12.9. The molecule has 0 saturated carbocycles. The van der Waals surface area contributed by atoms with Gasteiger partial charge in [0, 0.05) is 32.1 Å². The van der Waals surface area contributed by atoms with E-state index in [2.05, 4.69) is 10.2 Å². The molecule has 2 aromatic rings. The van der Waals surface area contributed by atoms with E-state index in [0.29, 0.717) is 31.6 Å². The van der Waals surface area contributed by atoms with Crippen LogP contribution in [-0.2, 0) is 17.5 Å². The fourth-order valence-electron chi connectivity index (χ4n) is 3.58. The molecule has 0 spiro atoms. The first kappa shape index (κ1) is 22.2. The van der Waals surface area contributed by atoms with E-state index >= 15 is 0 Å². The van der Waals surface area contributed by atoms with Gasteiger partial charge >= 0.3 is 6.18 Å². The summed E-state index contributed by atoms with van der Waals surface area (Å²) in [6, 6.07) is 15.1. The number of piperidine rings is 1. The molecule has 30 heavy (non-hydrogen) atoms. The molecule has 162 valence electrons. The summed E-state index contributed by atoms with van der Waals surface area (Å²) in [5.41, 5.74) is 0.0455. The van der Waals surface area contributed by atoms with Gasteiger partial charge in [0.1, 0.15) is 5.75 Å². The van der Waals surface area contributed by atoms with Crippen LogP contribution in [0.3, 0.4) is 0 Å². The molecule has 0 radical (unpaired) electrons. The van der Waals surface area contributed by atoms with Gasteiger partial charge in [0.2, 0.25) is 5.91 Å². The highest BCUT2D eigenvalue weighted by Crippen LogP contribution is 2.30. The smallest absolute Gasteiger partial charge is 0.416 e. The first-order chi connectivity index (χ1) is 14.4. The van der Waals surface area contributed by atoms with E-state index in [1.165, 1.54) is 12.1 Å². The maximum atomic E-state index is 12.9. The van der Waals surface area contributed by atoms with Gasteiger partial charge in [0.05, 0.1) is 12.2 Å². The van der Waals surface area contributed by atoms with E-state index < -0.39 is 11.7 Å². The molecule has 1 aliphatic rings. The summed E-state index contributed by atoms with van der Waals surface area (Å²) in [6.07, 6.45) is -1.66. The van der Waals surface area contributed by atoms with Crippen molar-refractivity contribution in [3.05, 3.63) is 65.7 Å². The largest absolute Gasteiger partial charge is 0.494 e. The molecule has 2 aromatic carbocycles. The molecule has 7 heteroatoms. The normalized spacial score (nSPS) is 15.7. The van der Waals surface area contributed by atoms with Crippen molar-refractivity contribution in [1.29, 1.82) is 0 Å². The fourth-order valence-corrected chi connectivity index (χ4v) is 3.58. The van der Waals surface area contributed by atoms with Crippen LogP contribution in [0.25, 0.3) is 0 Å². The number of amides is 1. The van der Waals surface area contributed by atoms with Gasteiger partial charge in [-0.1, -0.05) is 36.4 Å². The van der Waals surface area contributed by atoms with Gasteiger partial charge in [-0.2, -0.15) is 13.2 Å². The maximum Gasteiger partial charge on any atom is 0.416 e. The van der Waals surface area contributed by atoms with Crippen LogP contribution in [0.1, 0.15) is 36.8 Å². The van der Waals surface area contributed by atoms with Gasteiger partial charge < -0.3 is 10.1 Å². The molecule has 1 aliphatic heterocycles. The summed E-state index contributed by atoms with van der Waals surface area (Å²) in [4.78, 5) is 14.3. The number of benzene rings is 2. The minimum atomic E-state index is -4.32. The number of alkyl halides is 3. The predicted octanol–water partition coefficient (Wildman–Crippen LogP) is 4.65. The van der Waals surface area contributed by atoms with E-state index in [9.17, 15) is 18.0 Å². The number of likely N-dealkylation sites (tertiary alicyclic amines) is 1. The standard InChI is InChI=1S/C23H27F3N2O2/c24-23(25,26)19-7-4-6-18(16-19)17-28-13-11-20(12-14-28)27-22(29)10-5-15-30-21-8-2-1-3-9-21/h1-4,6-9,16,20H,5,10-15,17H2,(H,27,29). The Hall–Kier alpha value is -2.54. The third-order valence-corrected chi connectivity index (χ3v) is 5.17. The molecule has 1 N–H and O–H groups in total. The van der Waals surface area contributed by atoms with Gasteiger partial charge in [-0.25, -0.2) is 0 Å². The van der Waals surface area contributed by atoms with Crippen molar-refractivity contribution >= 4 is 5.91 Å². The second-order valence-corrected chi connectivity index (χ2v) is 7.58. The van der Waals surface area contributed by atoms with E-state index in [0.717, 1.165) is 37.7 Å². The average molecular weight is 420 g/mol. The number of hydrogen-bond donors (Lipinski definition) is 1. The number of nitrogens with zero attached hydrogens (tertiary/aromatic N) is 1. The molecule has 0 unspecified atom stereocenters. The van der Waals surface area contributed by atoms with Crippen LogP contribution >= 0.6 is 0 Å². The lowest BCUT2D eigenvalue weighted by molar-refractivity contribution is -0.137. The summed E-state index contributed by atoms with van der Waals surface area (Å²) in [7, 11) is 0. The van der Waals surface area contributed by atoms with E-state index in [4.69, 9.17) is 4.74 Å². The van der Waals surface area contributed by atoms with Crippen LogP contribution in [0.5, 0.6) is 5.75 Å². The molecule has 0 atom stereocenters. The molecule has 1 amide bonds. The highest BCUT2D eigenvalue weighted by molar-refractivity contribution is 5.76. The lowest BCUT2D eigenvalue weighted by atomic mass is 10.0. The lowest BCUT2D eigenvalue weighted by Crippen LogP contribution is -2.44. The Bertz CT molecular complexity index is 804. The van der Waals surface area contributed by atoms with Gasteiger partial charge in [0.15, 0.2) is 0 Å². The Kier molecular flexibility index (Phi) is 7.74. The molecule has 0 aliphatic carbocycles. The third-order valence-electron chi connectivity index (χ3n) is 5.17. The third kappa shape index (κ3) is 7.06. The van der Waals surface area contributed by atoms with Crippen LogP contribution in [0.15, 0.2) is 54.6 Å². The Morgan fingerprint density at radius 2 is 1.80 bits per heavy atom. The van der Waals surface area contributed by atoms with Crippen LogP contribution in [0.4, 0.5) is 13.2 Å². The van der Waals surface area contributed by atoms with Crippen LogP contribution in [0, 0.1) is 0 Å². The second kappa shape index (κ2) is 10.5. The Morgan fingerprint density at radius 3 is 2.50 bits per heavy atom. The number of ether oxygens (including phenoxy) is 1. The summed E-state index contributed by atoms with van der Waals surface area (Å²) in [5, 5.41) is 3.06. The first-order valence-corrected chi connectivity index (χ1v) is 10.3. The van der Waals surface area contributed by atoms with Gasteiger partial charge in [-0.3, -0.25) is 9.69 Å². The van der Waals surface area contributed by atoms with Crippen molar-refractivity contribution < 1.29 is 22.7 Å². The number of carbonyl (C=O) groups is 1. The lowest BCUT2D eigenvalue weighted by Gasteiger charge is -2.32. The van der Waals surface area contributed by atoms with Gasteiger partial charge in [-0.05, 0) is 43.0 Å². The van der Waals surface area contributed by atoms with E-state index in [-0.39, 0.29) is 11.9 Å². The zero-order valence-electron chi connectivity index (χ0n) is 16.8. The van der Waals surface area contributed by atoms with Gasteiger partial charge in [0.25, 0.3) is 0 Å². The van der Waals surface area contributed by atoms with Crippen molar-refractivity contribution in [3.63, 3.8) is 0 Å². The van der Waals surface area contributed by atoms with E-state index in [1.54, 1.807) is 6.07 Å². The molecule has 1 saturated heterocycles. The van der Waals surface area contributed by atoms with Crippen LogP contribution < -0.4 is 10.1 Å². The van der Waals surface area contributed by atoms with Crippen molar-refractivity contribution in [2.24, 2.45) is 0 Å². The molecule has 0 aromatic heterocycles. The van der Waals surface area contributed by atoms with Crippen molar-refractivity contribution in [3.8, 4) is 5.75 Å². The van der Waals surface area contributed by atoms with Crippen molar-refractivity contribution in [2.45, 2.75) is 44.4 Å². The number of rotatable bonds is 8. The second-order valence-electron chi connectivity index (χ2n) is 7.58. The zero-order chi connectivity index (χ0) is 21.4. The molecule has 3 rings (SSSR count). The highest BCUT2D eigenvalue weighted by atomic mass is 19.4. The van der Waals surface area contributed by atoms with Gasteiger partial charge in [-0.15, -0.1) is 0 Å². The van der Waals surface area contributed by atoms with Crippen molar-refractivity contribution in [1.82, 2.24) is 10.2 Å². The van der Waals surface area contributed by atoms with Crippen LogP contribution in [-0.4, -0.2) is 36.5 Å². The van der Waals surface area contributed by atoms with E-state index in [1.807, 2.05) is 30.3 Å². The molecule has 1 heterocycles. The van der Waals surface area contributed by atoms with Crippen molar-refractivity contribution in [2.75, 3.05) is 19.7 Å². The highest BCUT2D eigenvalue weighted by Gasteiger charge is 2.30.